The van der Waals surface area contributed by atoms with Gasteiger partial charge in [-0.2, -0.15) is 0 Å². The molecule has 2 aromatic rings. The predicted molar refractivity (Wildman–Crippen MR) is 88.7 cm³/mol. The highest BCUT2D eigenvalue weighted by Gasteiger charge is 2.19. The highest BCUT2D eigenvalue weighted by Crippen LogP contribution is 2.20. The van der Waals surface area contributed by atoms with E-state index in [2.05, 4.69) is 20.4 Å². The lowest BCUT2D eigenvalue weighted by molar-refractivity contribution is 0.454. The largest absolute Gasteiger partial charge is 0.316 e. The van der Waals surface area contributed by atoms with E-state index in [4.69, 9.17) is 0 Å². The molecule has 0 radical (unpaired) electrons. The van der Waals surface area contributed by atoms with E-state index in [9.17, 15) is 8.42 Å². The van der Waals surface area contributed by atoms with E-state index in [-0.39, 0.29) is 12.3 Å². The van der Waals surface area contributed by atoms with Gasteiger partial charge in [-0.15, -0.1) is 5.10 Å². The van der Waals surface area contributed by atoms with Crippen LogP contribution in [0.5, 0.6) is 0 Å². The number of aryl methyl sites for hydroxylation is 1. The van der Waals surface area contributed by atoms with Gasteiger partial charge >= 0.3 is 0 Å². The van der Waals surface area contributed by atoms with Crippen LogP contribution in [-0.4, -0.2) is 42.3 Å². The summed E-state index contributed by atoms with van der Waals surface area (Å²) in [6.07, 6.45) is 4.09. The number of piperidine rings is 1. The van der Waals surface area contributed by atoms with Crippen LogP contribution in [0.1, 0.15) is 24.5 Å². The summed E-state index contributed by atoms with van der Waals surface area (Å²) in [7, 11) is -3.40. The van der Waals surface area contributed by atoms with E-state index in [0.29, 0.717) is 11.6 Å². The van der Waals surface area contributed by atoms with Gasteiger partial charge in [0.15, 0.2) is 0 Å². The number of anilines is 1. The first-order valence-electron chi connectivity index (χ1n) is 7.79. The zero-order valence-electron chi connectivity index (χ0n) is 12.9. The SMILES string of the molecule is O=S(=O)(CCn1cc(C2CCCNC2)nn1)Nc1ccccc1. The molecular formula is C15H21N5O2S. The van der Waals surface area contributed by atoms with Crippen LogP contribution in [0, 0.1) is 0 Å². The Morgan fingerprint density at radius 3 is 2.87 bits per heavy atom. The number of rotatable bonds is 6. The average Bonchev–Trinajstić information content (AvgIpc) is 3.04. The summed E-state index contributed by atoms with van der Waals surface area (Å²) < 4.78 is 28.4. The van der Waals surface area contributed by atoms with Gasteiger partial charge < -0.3 is 5.32 Å². The van der Waals surface area contributed by atoms with Gasteiger partial charge in [0, 0.05) is 24.3 Å². The van der Waals surface area contributed by atoms with Crippen LogP contribution in [0.25, 0.3) is 0 Å². The van der Waals surface area contributed by atoms with Gasteiger partial charge in [-0.1, -0.05) is 23.4 Å². The van der Waals surface area contributed by atoms with Gasteiger partial charge in [0.25, 0.3) is 0 Å². The van der Waals surface area contributed by atoms with E-state index < -0.39 is 10.0 Å². The van der Waals surface area contributed by atoms with Crippen LogP contribution < -0.4 is 10.0 Å². The third kappa shape index (κ3) is 4.52. The third-order valence-corrected chi connectivity index (χ3v) is 5.17. The van der Waals surface area contributed by atoms with E-state index in [1.54, 1.807) is 28.9 Å². The monoisotopic (exact) mass is 335 g/mol. The molecule has 0 spiro atoms. The summed E-state index contributed by atoms with van der Waals surface area (Å²) >= 11 is 0. The first-order chi connectivity index (χ1) is 11.1. The molecule has 1 aliphatic heterocycles. The fraction of sp³-hybridized carbons (Fsp3) is 0.467. The van der Waals surface area contributed by atoms with Crippen LogP contribution >= 0.6 is 0 Å². The minimum Gasteiger partial charge on any atom is -0.316 e. The Balaban J connectivity index is 1.56. The summed E-state index contributed by atoms with van der Waals surface area (Å²) in [5, 5.41) is 11.6. The van der Waals surface area contributed by atoms with Crippen LogP contribution in [-0.2, 0) is 16.6 Å². The Kier molecular flexibility index (Phi) is 4.92. The van der Waals surface area contributed by atoms with Crippen LogP contribution in [0.4, 0.5) is 5.69 Å². The number of hydrogen-bond donors (Lipinski definition) is 2. The van der Waals surface area contributed by atoms with Gasteiger partial charge in [0.05, 0.1) is 18.0 Å². The molecule has 1 unspecified atom stereocenters. The standard InChI is InChI=1S/C15H21N5O2S/c21-23(22,18-14-6-2-1-3-7-14)10-9-20-12-15(17-19-20)13-5-4-8-16-11-13/h1-3,6-7,12-13,16,18H,4-5,8-11H2. The second kappa shape index (κ2) is 7.10. The van der Waals surface area contributed by atoms with Crippen molar-refractivity contribution >= 4 is 15.7 Å². The van der Waals surface area contributed by atoms with Crippen molar-refractivity contribution in [3.63, 3.8) is 0 Å². The summed E-state index contributed by atoms with van der Waals surface area (Å²) in [5.74, 6) is 0.338. The molecule has 0 bridgehead atoms. The fourth-order valence-corrected chi connectivity index (χ4v) is 3.69. The van der Waals surface area contributed by atoms with E-state index in [0.717, 1.165) is 31.6 Å². The lowest BCUT2D eigenvalue weighted by Crippen LogP contribution is -2.28. The number of sulfonamides is 1. The molecule has 1 aliphatic rings. The van der Waals surface area contributed by atoms with Gasteiger partial charge in [0.1, 0.15) is 0 Å². The number of nitrogens with one attached hydrogen (secondary N) is 2. The molecule has 1 atom stereocenters. The number of hydrogen-bond acceptors (Lipinski definition) is 5. The minimum absolute atomic E-state index is 0.0341. The maximum Gasteiger partial charge on any atom is 0.234 e. The van der Waals surface area contributed by atoms with Crippen molar-refractivity contribution in [2.75, 3.05) is 23.6 Å². The zero-order valence-corrected chi connectivity index (χ0v) is 13.7. The lowest BCUT2D eigenvalue weighted by atomic mass is 9.97. The van der Waals surface area contributed by atoms with Gasteiger partial charge in [-0.25, -0.2) is 8.42 Å². The Hall–Kier alpha value is -1.93. The number of benzene rings is 1. The van der Waals surface area contributed by atoms with Crippen molar-refractivity contribution in [3.05, 3.63) is 42.2 Å². The van der Waals surface area contributed by atoms with Crippen LogP contribution in [0.3, 0.4) is 0 Å². The highest BCUT2D eigenvalue weighted by atomic mass is 32.2. The first kappa shape index (κ1) is 15.9. The normalized spacial score (nSPS) is 18.7. The maximum absolute atomic E-state index is 12.1. The molecule has 1 aromatic heterocycles. The third-order valence-electron chi connectivity index (χ3n) is 3.91. The zero-order chi connectivity index (χ0) is 16.1. The van der Waals surface area contributed by atoms with Crippen LogP contribution in [0.2, 0.25) is 0 Å². The molecular weight excluding hydrogens is 314 g/mol. The fourth-order valence-electron chi connectivity index (χ4n) is 2.66. The highest BCUT2D eigenvalue weighted by molar-refractivity contribution is 7.92. The van der Waals surface area contributed by atoms with Crippen LogP contribution in [0.15, 0.2) is 36.5 Å². The van der Waals surface area contributed by atoms with Crippen molar-refractivity contribution < 1.29 is 8.42 Å². The summed E-state index contributed by atoms with van der Waals surface area (Å²) in [4.78, 5) is 0. The predicted octanol–water partition coefficient (Wildman–Crippen LogP) is 1.19. The number of para-hydroxylation sites is 1. The molecule has 23 heavy (non-hydrogen) atoms. The van der Waals surface area contributed by atoms with E-state index in [1.165, 1.54) is 0 Å². The summed E-state index contributed by atoms with van der Waals surface area (Å²) in [6.45, 7) is 2.25. The Labute approximate surface area is 136 Å². The van der Waals surface area contributed by atoms with Crippen molar-refractivity contribution in [2.24, 2.45) is 0 Å². The molecule has 0 amide bonds. The first-order valence-corrected chi connectivity index (χ1v) is 9.44. The smallest absolute Gasteiger partial charge is 0.234 e. The quantitative estimate of drug-likeness (QED) is 0.828. The van der Waals surface area contributed by atoms with Crippen molar-refractivity contribution in [2.45, 2.75) is 25.3 Å². The average molecular weight is 335 g/mol. The molecule has 3 rings (SSSR count). The van der Waals surface area contributed by atoms with E-state index in [1.807, 2.05) is 12.3 Å². The Morgan fingerprint density at radius 2 is 2.13 bits per heavy atom. The topological polar surface area (TPSA) is 88.9 Å². The van der Waals surface area contributed by atoms with Crippen molar-refractivity contribution in [3.8, 4) is 0 Å². The molecule has 1 fully saturated rings. The van der Waals surface area contributed by atoms with Crippen molar-refractivity contribution in [1.82, 2.24) is 20.3 Å². The molecule has 0 saturated carbocycles. The maximum atomic E-state index is 12.1. The van der Waals surface area contributed by atoms with E-state index >= 15 is 0 Å². The molecule has 2 N–H and O–H groups in total. The number of aromatic nitrogens is 3. The van der Waals surface area contributed by atoms with Gasteiger partial charge in [-0.3, -0.25) is 9.40 Å². The summed E-state index contributed by atoms with van der Waals surface area (Å²) in [5.41, 5.74) is 1.51. The van der Waals surface area contributed by atoms with Crippen molar-refractivity contribution in [1.29, 1.82) is 0 Å². The number of nitrogens with zero attached hydrogens (tertiary/aromatic N) is 3. The Morgan fingerprint density at radius 1 is 1.30 bits per heavy atom. The minimum atomic E-state index is -3.40. The van der Waals surface area contributed by atoms with Gasteiger partial charge in [0.2, 0.25) is 10.0 Å². The Bertz CT molecular complexity index is 723. The molecule has 1 saturated heterocycles. The molecule has 124 valence electrons. The molecule has 2 heterocycles. The van der Waals surface area contributed by atoms with Gasteiger partial charge in [-0.05, 0) is 31.5 Å². The molecule has 7 nitrogen and oxygen atoms in total. The molecule has 8 heteroatoms. The summed E-state index contributed by atoms with van der Waals surface area (Å²) in [6, 6.07) is 8.87. The molecule has 1 aromatic carbocycles. The second-order valence-corrected chi connectivity index (χ2v) is 7.58. The lowest BCUT2D eigenvalue weighted by Gasteiger charge is -2.20. The second-order valence-electron chi connectivity index (χ2n) is 5.74. The molecule has 0 aliphatic carbocycles.